The van der Waals surface area contributed by atoms with Crippen LogP contribution in [0.25, 0.3) is 0 Å². The van der Waals surface area contributed by atoms with Gasteiger partial charge in [-0.2, -0.15) is 0 Å². The van der Waals surface area contributed by atoms with Crippen LogP contribution in [0.15, 0.2) is 30.3 Å². The zero-order chi connectivity index (χ0) is 20.8. The van der Waals surface area contributed by atoms with Crippen LogP contribution in [-0.4, -0.2) is 47.5 Å². The number of nitrogens with zero attached hydrogens (tertiary/aromatic N) is 1. The van der Waals surface area contributed by atoms with Crippen molar-refractivity contribution in [3.05, 3.63) is 58.4 Å². The summed E-state index contributed by atoms with van der Waals surface area (Å²) >= 11 is 0. The number of nitrogens with one attached hydrogen (secondary N) is 1. The fourth-order valence-electron chi connectivity index (χ4n) is 2.98. The molecule has 7 heteroatoms. The normalized spacial score (nSPS) is 11.6. The van der Waals surface area contributed by atoms with Crippen molar-refractivity contribution in [2.45, 2.75) is 40.3 Å². The number of amides is 1. The van der Waals surface area contributed by atoms with E-state index >= 15 is 0 Å². The van der Waals surface area contributed by atoms with E-state index in [-0.39, 0.29) is 18.2 Å². The van der Waals surface area contributed by atoms with Crippen molar-refractivity contribution in [3.8, 4) is 0 Å². The second-order valence-corrected chi connectivity index (χ2v) is 6.57. The average Bonchev–Trinajstić information content (AvgIpc) is 2.96. The molecule has 1 amide bonds. The van der Waals surface area contributed by atoms with E-state index in [1.807, 2.05) is 30.3 Å². The number of esters is 2. The number of carbonyl (C=O) groups is 3. The Balaban J connectivity index is 2.06. The molecule has 7 nitrogen and oxygen atoms in total. The van der Waals surface area contributed by atoms with E-state index in [1.54, 1.807) is 27.8 Å². The Morgan fingerprint density at radius 2 is 1.75 bits per heavy atom. The number of benzene rings is 1. The summed E-state index contributed by atoms with van der Waals surface area (Å²) in [6.07, 6.45) is -0.963. The summed E-state index contributed by atoms with van der Waals surface area (Å²) in [7, 11) is 1.66. The molecule has 2 aromatic rings. The summed E-state index contributed by atoms with van der Waals surface area (Å²) in [6.45, 7) is 7.21. The minimum Gasteiger partial charge on any atom is -0.462 e. The largest absolute Gasteiger partial charge is 0.462 e. The molecule has 0 aliphatic carbocycles. The van der Waals surface area contributed by atoms with Crippen LogP contribution in [0, 0.1) is 13.8 Å². The number of aromatic amines is 1. The number of H-pyrrole nitrogens is 1. The molecule has 1 aromatic carbocycles. The molecule has 0 aliphatic rings. The van der Waals surface area contributed by atoms with E-state index < -0.39 is 18.0 Å². The topological polar surface area (TPSA) is 88.7 Å². The summed E-state index contributed by atoms with van der Waals surface area (Å²) in [5.41, 5.74) is 2.40. The first-order valence-electron chi connectivity index (χ1n) is 9.12. The molecule has 1 aromatic heterocycles. The van der Waals surface area contributed by atoms with E-state index in [9.17, 15) is 14.4 Å². The number of rotatable bonds is 7. The number of hydrogen-bond donors (Lipinski definition) is 1. The van der Waals surface area contributed by atoms with Gasteiger partial charge in [0.05, 0.1) is 12.2 Å². The van der Waals surface area contributed by atoms with E-state index in [2.05, 4.69) is 4.98 Å². The zero-order valence-corrected chi connectivity index (χ0v) is 16.9. The van der Waals surface area contributed by atoms with E-state index in [0.29, 0.717) is 23.4 Å². The van der Waals surface area contributed by atoms with Crippen LogP contribution in [0.4, 0.5) is 0 Å². The Bertz CT molecular complexity index is 857. The van der Waals surface area contributed by atoms with Gasteiger partial charge >= 0.3 is 11.9 Å². The zero-order valence-electron chi connectivity index (χ0n) is 16.9. The molecule has 0 radical (unpaired) electrons. The third kappa shape index (κ3) is 4.79. The number of aromatic nitrogens is 1. The van der Waals surface area contributed by atoms with Crippen molar-refractivity contribution >= 4 is 17.8 Å². The summed E-state index contributed by atoms with van der Waals surface area (Å²) in [5.74, 6) is -1.51. The van der Waals surface area contributed by atoms with Crippen molar-refractivity contribution < 1.29 is 23.9 Å². The van der Waals surface area contributed by atoms with Crippen molar-refractivity contribution in [2.24, 2.45) is 0 Å². The first-order valence-corrected chi connectivity index (χ1v) is 9.12. The highest BCUT2D eigenvalue weighted by atomic mass is 16.5. The van der Waals surface area contributed by atoms with Crippen LogP contribution in [0.3, 0.4) is 0 Å². The molecule has 0 spiro atoms. The van der Waals surface area contributed by atoms with Crippen molar-refractivity contribution in [1.82, 2.24) is 9.88 Å². The maximum Gasteiger partial charge on any atom is 0.355 e. The molecule has 150 valence electrons. The maximum atomic E-state index is 12.5. The smallest absolute Gasteiger partial charge is 0.355 e. The lowest BCUT2D eigenvalue weighted by molar-refractivity contribution is -0.139. The SMILES string of the molecule is CCOC(=O)c1c(C)[nH]c(C(=O)O[C@H](C)C(=O)N(C)Cc2ccccc2)c1C. The van der Waals surface area contributed by atoms with Gasteiger partial charge < -0.3 is 19.4 Å². The fraction of sp³-hybridized carbons (Fsp3) is 0.381. The van der Waals surface area contributed by atoms with Crippen LogP contribution in [-0.2, 0) is 20.8 Å². The van der Waals surface area contributed by atoms with Crippen molar-refractivity contribution in [2.75, 3.05) is 13.7 Å². The van der Waals surface area contributed by atoms with E-state index in [0.717, 1.165) is 5.56 Å². The minimum atomic E-state index is -0.963. The summed E-state index contributed by atoms with van der Waals surface area (Å²) in [5, 5.41) is 0. The van der Waals surface area contributed by atoms with Crippen molar-refractivity contribution in [3.63, 3.8) is 0 Å². The lowest BCUT2D eigenvalue weighted by atomic mass is 10.1. The molecule has 0 aliphatic heterocycles. The number of likely N-dealkylation sites (N-methyl/N-ethyl adjacent to an activating group) is 1. The third-order valence-electron chi connectivity index (χ3n) is 4.39. The quantitative estimate of drug-likeness (QED) is 0.739. The highest BCUT2D eigenvalue weighted by Gasteiger charge is 2.27. The second kappa shape index (κ2) is 9.21. The molecular weight excluding hydrogens is 360 g/mol. The van der Waals surface area contributed by atoms with Gasteiger partial charge in [0.25, 0.3) is 5.91 Å². The van der Waals surface area contributed by atoms with Gasteiger partial charge in [0.1, 0.15) is 5.69 Å². The predicted molar refractivity (Wildman–Crippen MR) is 104 cm³/mol. The summed E-state index contributed by atoms with van der Waals surface area (Å²) in [6, 6.07) is 9.54. The lowest BCUT2D eigenvalue weighted by Crippen LogP contribution is -2.37. The predicted octanol–water partition coefficient (Wildman–Crippen LogP) is 3.01. The van der Waals surface area contributed by atoms with Gasteiger partial charge in [0.15, 0.2) is 6.10 Å². The number of carbonyl (C=O) groups excluding carboxylic acids is 3. The molecule has 0 saturated heterocycles. The van der Waals surface area contributed by atoms with Crippen LogP contribution >= 0.6 is 0 Å². The van der Waals surface area contributed by atoms with Crippen LogP contribution in [0.1, 0.15) is 51.5 Å². The number of ether oxygens (including phenoxy) is 2. The Morgan fingerprint density at radius 1 is 1.11 bits per heavy atom. The molecule has 2 rings (SSSR count). The van der Waals surface area contributed by atoms with Gasteiger partial charge in [-0.3, -0.25) is 4.79 Å². The van der Waals surface area contributed by atoms with E-state index in [1.165, 1.54) is 11.8 Å². The van der Waals surface area contributed by atoms with Gasteiger partial charge in [-0.05, 0) is 38.8 Å². The van der Waals surface area contributed by atoms with Crippen molar-refractivity contribution in [1.29, 1.82) is 0 Å². The van der Waals surface area contributed by atoms with Gasteiger partial charge in [-0.25, -0.2) is 9.59 Å². The molecular formula is C21H26N2O5. The standard InChI is InChI=1S/C21H26N2O5/c1-6-27-20(25)17-13(2)18(22-14(17)3)21(26)28-15(4)19(24)23(5)12-16-10-8-7-9-11-16/h7-11,15,22H,6,12H2,1-5H3/t15-/m1/s1. The van der Waals surface area contributed by atoms with Crippen LogP contribution in [0.2, 0.25) is 0 Å². The first kappa shape index (κ1) is 21.2. The highest BCUT2D eigenvalue weighted by molar-refractivity contribution is 5.99. The van der Waals surface area contributed by atoms with E-state index in [4.69, 9.17) is 9.47 Å². The molecule has 28 heavy (non-hydrogen) atoms. The fourth-order valence-corrected chi connectivity index (χ4v) is 2.98. The Morgan fingerprint density at radius 3 is 2.36 bits per heavy atom. The maximum absolute atomic E-state index is 12.5. The monoisotopic (exact) mass is 386 g/mol. The molecule has 0 bridgehead atoms. The number of aryl methyl sites for hydroxylation is 1. The molecule has 0 fully saturated rings. The summed E-state index contributed by atoms with van der Waals surface area (Å²) < 4.78 is 10.4. The van der Waals surface area contributed by atoms with Gasteiger partial charge in [0.2, 0.25) is 0 Å². The molecule has 0 unspecified atom stereocenters. The van der Waals surface area contributed by atoms with Crippen LogP contribution in [0.5, 0.6) is 0 Å². The average molecular weight is 386 g/mol. The second-order valence-electron chi connectivity index (χ2n) is 6.57. The third-order valence-corrected chi connectivity index (χ3v) is 4.39. The summed E-state index contributed by atoms with van der Waals surface area (Å²) in [4.78, 5) is 41.5. The highest BCUT2D eigenvalue weighted by Crippen LogP contribution is 2.20. The Hall–Kier alpha value is -3.09. The Labute approximate surface area is 164 Å². The van der Waals surface area contributed by atoms with Crippen LogP contribution < -0.4 is 0 Å². The minimum absolute atomic E-state index is 0.144. The lowest BCUT2D eigenvalue weighted by Gasteiger charge is -2.21. The van der Waals surface area contributed by atoms with Gasteiger partial charge in [-0.1, -0.05) is 30.3 Å². The van der Waals surface area contributed by atoms with Gasteiger partial charge in [0, 0.05) is 19.3 Å². The molecule has 1 heterocycles. The van der Waals surface area contributed by atoms with Gasteiger partial charge in [-0.15, -0.1) is 0 Å². The number of hydrogen-bond acceptors (Lipinski definition) is 5. The first-order chi connectivity index (χ1) is 13.3. The Kier molecular flexibility index (Phi) is 6.98. The molecule has 0 saturated carbocycles. The molecule has 1 N–H and O–H groups in total. The molecule has 1 atom stereocenters.